The molecular weight excluding hydrogens is 467 g/mol. The molecule has 3 aromatic carbocycles. The molecule has 0 aliphatic rings. The van der Waals surface area contributed by atoms with E-state index >= 15 is 0 Å². The predicted octanol–water partition coefficient (Wildman–Crippen LogP) is 6.09. The van der Waals surface area contributed by atoms with E-state index in [2.05, 4.69) is 5.32 Å². The molecule has 0 aromatic heterocycles. The van der Waals surface area contributed by atoms with Crippen molar-refractivity contribution in [2.75, 3.05) is 0 Å². The van der Waals surface area contributed by atoms with Crippen LogP contribution in [0.1, 0.15) is 37.5 Å². The number of nitrogens with one attached hydrogen (secondary N) is 1. The summed E-state index contributed by atoms with van der Waals surface area (Å²) in [5.41, 5.74) is 1.99. The molecule has 0 radical (unpaired) electrons. The molecule has 0 fully saturated rings. The topological polar surface area (TPSA) is 49.4 Å². The quantitative estimate of drug-likeness (QED) is 0.410. The van der Waals surface area contributed by atoms with Crippen LogP contribution in [0.4, 0.5) is 0 Å². The molecule has 34 heavy (non-hydrogen) atoms. The summed E-state index contributed by atoms with van der Waals surface area (Å²) in [5, 5.41) is 3.97. The van der Waals surface area contributed by atoms with Crippen LogP contribution in [-0.4, -0.2) is 28.3 Å². The van der Waals surface area contributed by atoms with Crippen LogP contribution >= 0.6 is 23.2 Å². The Morgan fingerprint density at radius 2 is 1.35 bits per heavy atom. The van der Waals surface area contributed by atoms with E-state index in [1.165, 1.54) is 0 Å². The number of nitrogens with zero attached hydrogens (tertiary/aromatic N) is 1. The SMILES string of the molecule is CC(C)(C)NC(=O)[C@H](Cc1ccccc1)N(Cc1c(Cl)cccc1Cl)C(=O)Cc1ccccc1. The molecule has 6 heteroatoms. The van der Waals surface area contributed by atoms with Gasteiger partial charge in [-0.15, -0.1) is 0 Å². The Hall–Kier alpha value is -2.82. The molecule has 0 unspecified atom stereocenters. The third kappa shape index (κ3) is 7.34. The molecule has 2 amide bonds. The lowest BCUT2D eigenvalue weighted by atomic mass is 10.00. The summed E-state index contributed by atoms with van der Waals surface area (Å²) in [6.07, 6.45) is 0.530. The van der Waals surface area contributed by atoms with Crippen LogP contribution in [-0.2, 0) is 29.0 Å². The lowest BCUT2D eigenvalue weighted by molar-refractivity contribution is -0.141. The largest absolute Gasteiger partial charge is 0.350 e. The van der Waals surface area contributed by atoms with E-state index in [9.17, 15) is 9.59 Å². The second-order valence-corrected chi connectivity index (χ2v) is 10.1. The number of hydrogen-bond donors (Lipinski definition) is 1. The zero-order chi connectivity index (χ0) is 24.7. The van der Waals surface area contributed by atoms with Crippen molar-refractivity contribution in [3.05, 3.63) is 106 Å². The Bertz CT molecular complexity index is 1090. The summed E-state index contributed by atoms with van der Waals surface area (Å²) in [4.78, 5) is 28.9. The molecule has 0 bridgehead atoms. The first kappa shape index (κ1) is 25.8. The van der Waals surface area contributed by atoms with E-state index in [4.69, 9.17) is 23.2 Å². The second kappa shape index (κ2) is 11.5. The van der Waals surface area contributed by atoms with Crippen molar-refractivity contribution in [1.29, 1.82) is 0 Å². The fraction of sp³-hybridized carbons (Fsp3) is 0.286. The van der Waals surface area contributed by atoms with Gasteiger partial charge in [0.05, 0.1) is 6.42 Å². The molecule has 0 saturated heterocycles. The summed E-state index contributed by atoms with van der Waals surface area (Å²) in [6.45, 7) is 5.89. The first-order valence-corrected chi connectivity index (χ1v) is 12.0. The van der Waals surface area contributed by atoms with Crippen LogP contribution in [0.5, 0.6) is 0 Å². The van der Waals surface area contributed by atoms with E-state index in [-0.39, 0.29) is 24.8 Å². The molecule has 1 N–H and O–H groups in total. The Morgan fingerprint density at radius 1 is 0.824 bits per heavy atom. The van der Waals surface area contributed by atoms with E-state index in [1.807, 2.05) is 81.4 Å². The van der Waals surface area contributed by atoms with Crippen molar-refractivity contribution in [2.45, 2.75) is 51.7 Å². The molecule has 3 rings (SSSR count). The van der Waals surface area contributed by atoms with E-state index in [1.54, 1.807) is 23.1 Å². The summed E-state index contributed by atoms with van der Waals surface area (Å²) in [6, 6.07) is 23.7. The lowest BCUT2D eigenvalue weighted by Gasteiger charge is -2.34. The Labute approximate surface area is 211 Å². The maximum atomic E-state index is 13.7. The van der Waals surface area contributed by atoms with Crippen LogP contribution in [0.3, 0.4) is 0 Å². The van der Waals surface area contributed by atoms with Gasteiger partial charge in [0.1, 0.15) is 6.04 Å². The van der Waals surface area contributed by atoms with Crippen LogP contribution in [0, 0.1) is 0 Å². The molecular formula is C28H30Cl2N2O2. The summed E-state index contributed by atoms with van der Waals surface area (Å²) >= 11 is 12.9. The molecule has 1 atom stereocenters. The average Bonchev–Trinajstić information content (AvgIpc) is 2.78. The third-order valence-corrected chi connectivity index (χ3v) is 6.07. The highest BCUT2D eigenvalue weighted by atomic mass is 35.5. The lowest BCUT2D eigenvalue weighted by Crippen LogP contribution is -2.54. The van der Waals surface area contributed by atoms with Crippen LogP contribution in [0.2, 0.25) is 10.0 Å². The zero-order valence-electron chi connectivity index (χ0n) is 19.7. The molecule has 0 aliphatic carbocycles. The highest BCUT2D eigenvalue weighted by Crippen LogP contribution is 2.27. The minimum absolute atomic E-state index is 0.124. The second-order valence-electron chi connectivity index (χ2n) is 9.33. The fourth-order valence-electron chi connectivity index (χ4n) is 3.73. The third-order valence-electron chi connectivity index (χ3n) is 5.36. The van der Waals surface area contributed by atoms with Crippen molar-refractivity contribution in [3.8, 4) is 0 Å². The van der Waals surface area contributed by atoms with Gasteiger partial charge >= 0.3 is 0 Å². The number of carbonyl (C=O) groups is 2. The molecule has 0 saturated carbocycles. The van der Waals surface area contributed by atoms with Gasteiger partial charge in [0.2, 0.25) is 11.8 Å². The van der Waals surface area contributed by atoms with E-state index < -0.39 is 11.6 Å². The van der Waals surface area contributed by atoms with Crippen molar-refractivity contribution in [3.63, 3.8) is 0 Å². The van der Waals surface area contributed by atoms with Crippen molar-refractivity contribution in [1.82, 2.24) is 10.2 Å². The fourth-order valence-corrected chi connectivity index (χ4v) is 4.25. The highest BCUT2D eigenvalue weighted by Gasteiger charge is 2.33. The maximum absolute atomic E-state index is 13.7. The Balaban J connectivity index is 2.03. The van der Waals surface area contributed by atoms with Gasteiger partial charge in [0.25, 0.3) is 0 Å². The van der Waals surface area contributed by atoms with Gasteiger partial charge in [0.15, 0.2) is 0 Å². The Morgan fingerprint density at radius 3 is 1.88 bits per heavy atom. The summed E-state index contributed by atoms with van der Waals surface area (Å²) in [7, 11) is 0. The minimum atomic E-state index is -0.745. The van der Waals surface area contributed by atoms with E-state index in [0.717, 1.165) is 11.1 Å². The zero-order valence-corrected chi connectivity index (χ0v) is 21.2. The van der Waals surface area contributed by atoms with Gasteiger partial charge in [-0.1, -0.05) is 89.9 Å². The number of benzene rings is 3. The monoisotopic (exact) mass is 496 g/mol. The first-order valence-electron chi connectivity index (χ1n) is 11.3. The van der Waals surface area contributed by atoms with Crippen molar-refractivity contribution in [2.24, 2.45) is 0 Å². The van der Waals surface area contributed by atoms with Crippen molar-refractivity contribution >= 4 is 35.0 Å². The molecule has 4 nitrogen and oxygen atoms in total. The number of carbonyl (C=O) groups excluding carboxylic acids is 2. The van der Waals surface area contributed by atoms with E-state index in [0.29, 0.717) is 22.0 Å². The predicted molar refractivity (Wildman–Crippen MR) is 139 cm³/mol. The van der Waals surface area contributed by atoms with Gasteiger partial charge < -0.3 is 10.2 Å². The molecule has 0 aliphatic heterocycles. The van der Waals surface area contributed by atoms with Crippen molar-refractivity contribution < 1.29 is 9.59 Å². The maximum Gasteiger partial charge on any atom is 0.243 e. The minimum Gasteiger partial charge on any atom is -0.350 e. The average molecular weight is 497 g/mol. The number of amides is 2. The summed E-state index contributed by atoms with van der Waals surface area (Å²) < 4.78 is 0. The van der Waals surface area contributed by atoms with Crippen LogP contribution in [0.15, 0.2) is 78.9 Å². The summed E-state index contributed by atoms with van der Waals surface area (Å²) in [5.74, 6) is -0.395. The Kier molecular flexibility index (Phi) is 8.76. The molecule has 0 spiro atoms. The molecule has 3 aromatic rings. The van der Waals surface area contributed by atoms with Gasteiger partial charge in [-0.25, -0.2) is 0 Å². The van der Waals surface area contributed by atoms with Crippen LogP contribution in [0.25, 0.3) is 0 Å². The van der Waals surface area contributed by atoms with Gasteiger partial charge in [0, 0.05) is 34.1 Å². The smallest absolute Gasteiger partial charge is 0.243 e. The normalized spacial score (nSPS) is 12.1. The molecule has 178 valence electrons. The van der Waals surface area contributed by atoms with Gasteiger partial charge in [-0.3, -0.25) is 9.59 Å². The van der Waals surface area contributed by atoms with Gasteiger partial charge in [-0.05, 0) is 44.0 Å². The number of halogens is 2. The van der Waals surface area contributed by atoms with Gasteiger partial charge in [-0.2, -0.15) is 0 Å². The standard InChI is InChI=1S/C28H30Cl2N2O2/c1-28(2,3)31-27(34)25(17-20-11-6-4-7-12-20)32(19-22-23(29)15-10-16-24(22)30)26(33)18-21-13-8-5-9-14-21/h4-16,25H,17-19H2,1-3H3,(H,31,34)/t25-/m0/s1. The number of rotatable bonds is 8. The number of hydrogen-bond acceptors (Lipinski definition) is 2. The van der Waals surface area contributed by atoms with Crippen LogP contribution < -0.4 is 5.32 Å². The molecule has 0 heterocycles. The highest BCUT2D eigenvalue weighted by molar-refractivity contribution is 6.36. The first-order chi connectivity index (χ1) is 16.1.